The average Bonchev–Trinajstić information content (AvgIpc) is 3.35. The topological polar surface area (TPSA) is 108 Å². The van der Waals surface area contributed by atoms with E-state index in [1.54, 1.807) is 6.08 Å². The van der Waals surface area contributed by atoms with Gasteiger partial charge in [0, 0.05) is 6.42 Å². The number of hydrogen-bond donors (Lipinski definition) is 2. The van der Waals surface area contributed by atoms with Crippen molar-refractivity contribution in [1.29, 1.82) is 0 Å². The van der Waals surface area contributed by atoms with E-state index in [4.69, 9.17) is 9.05 Å². The number of rotatable bonds is 55. The number of unbranched alkanes of at least 4 members (excludes halogenated alkanes) is 30. The van der Waals surface area contributed by atoms with Crippen molar-refractivity contribution in [3.8, 4) is 0 Å². The van der Waals surface area contributed by atoms with Gasteiger partial charge in [-0.3, -0.25) is 9.36 Å². The van der Waals surface area contributed by atoms with Crippen LogP contribution in [0.5, 0.6) is 0 Å². The predicted octanol–water partition coefficient (Wildman–Crippen LogP) is 18.2. The third kappa shape index (κ3) is 57.2. The fourth-order valence-electron chi connectivity index (χ4n) is 8.63. The van der Waals surface area contributed by atoms with Gasteiger partial charge in [0.25, 0.3) is 7.82 Å². The molecule has 73 heavy (non-hydrogen) atoms. The van der Waals surface area contributed by atoms with Gasteiger partial charge in [-0.2, -0.15) is 0 Å². The van der Waals surface area contributed by atoms with Gasteiger partial charge in [-0.1, -0.05) is 272 Å². The molecule has 0 aromatic carbocycles. The molecule has 0 saturated heterocycles. The number of likely N-dealkylation sites (N-methyl/N-ethyl adjacent to an activating group) is 1. The van der Waals surface area contributed by atoms with Crippen LogP contribution in [-0.2, 0) is 18.4 Å². The van der Waals surface area contributed by atoms with Crippen molar-refractivity contribution >= 4 is 13.7 Å². The minimum Gasteiger partial charge on any atom is -0.756 e. The van der Waals surface area contributed by atoms with Gasteiger partial charge in [0.1, 0.15) is 13.2 Å². The van der Waals surface area contributed by atoms with Crippen molar-refractivity contribution in [2.24, 2.45) is 0 Å². The van der Waals surface area contributed by atoms with E-state index in [0.717, 1.165) is 96.3 Å². The molecule has 0 radical (unpaired) electrons. The van der Waals surface area contributed by atoms with Gasteiger partial charge in [-0.15, -0.1) is 0 Å². The van der Waals surface area contributed by atoms with Crippen LogP contribution in [0.2, 0.25) is 0 Å². The van der Waals surface area contributed by atoms with Crippen molar-refractivity contribution in [2.45, 2.75) is 276 Å². The molecule has 424 valence electrons. The van der Waals surface area contributed by atoms with Gasteiger partial charge >= 0.3 is 0 Å². The molecule has 8 nitrogen and oxygen atoms in total. The van der Waals surface area contributed by atoms with Crippen molar-refractivity contribution in [2.75, 3.05) is 40.9 Å². The summed E-state index contributed by atoms with van der Waals surface area (Å²) in [7, 11) is 1.24. The lowest BCUT2D eigenvalue weighted by atomic mass is 10.0. The molecular weight excluding hydrogens is 924 g/mol. The summed E-state index contributed by atoms with van der Waals surface area (Å²) in [4.78, 5) is 25.5. The van der Waals surface area contributed by atoms with Crippen LogP contribution in [0.15, 0.2) is 85.1 Å². The Labute approximate surface area is 452 Å². The number of nitrogens with zero attached hydrogens (tertiary/aromatic N) is 1. The number of phosphoric ester groups is 1. The molecule has 2 N–H and O–H groups in total. The molecule has 0 saturated carbocycles. The van der Waals surface area contributed by atoms with Gasteiger partial charge in [-0.25, -0.2) is 0 Å². The summed E-state index contributed by atoms with van der Waals surface area (Å²) in [5.41, 5.74) is 0. The highest BCUT2D eigenvalue weighted by Crippen LogP contribution is 2.38. The first-order chi connectivity index (χ1) is 35.5. The summed E-state index contributed by atoms with van der Waals surface area (Å²) in [6.45, 7) is 4.54. The highest BCUT2D eigenvalue weighted by Gasteiger charge is 2.23. The number of aliphatic hydroxyl groups is 1. The SMILES string of the molecule is CC/C=C\C/C=C\C/C=C\C/C=C\C/C=C\C/C=C\CCCCCCCCC(=O)NC(COP(=O)([O-])OCC[N+](C)(C)C)C(O)/C=C/CCCCCCCCCCCCCCCCCCCCCCCCCC. The zero-order valence-corrected chi connectivity index (χ0v) is 49.2. The van der Waals surface area contributed by atoms with E-state index in [-0.39, 0.29) is 12.5 Å². The largest absolute Gasteiger partial charge is 0.756 e. The molecule has 0 aromatic rings. The van der Waals surface area contributed by atoms with Gasteiger partial charge in [0.15, 0.2) is 0 Å². The van der Waals surface area contributed by atoms with Crippen LogP contribution in [0.25, 0.3) is 0 Å². The zero-order valence-electron chi connectivity index (χ0n) is 48.3. The monoisotopic (exact) mass is 1040 g/mol. The van der Waals surface area contributed by atoms with E-state index >= 15 is 0 Å². The molecule has 0 rings (SSSR count). The third-order valence-electron chi connectivity index (χ3n) is 13.4. The van der Waals surface area contributed by atoms with E-state index in [2.05, 4.69) is 92.1 Å². The Morgan fingerprint density at radius 1 is 0.493 bits per heavy atom. The second kappa shape index (κ2) is 54.5. The number of allylic oxidation sites excluding steroid dienone is 13. The number of hydrogen-bond acceptors (Lipinski definition) is 6. The Balaban J connectivity index is 4.24. The molecule has 3 unspecified atom stereocenters. The Morgan fingerprint density at radius 2 is 0.836 bits per heavy atom. The summed E-state index contributed by atoms with van der Waals surface area (Å²) in [5, 5.41) is 13.9. The lowest BCUT2D eigenvalue weighted by molar-refractivity contribution is -0.870. The first kappa shape index (κ1) is 70.7. The molecule has 0 bridgehead atoms. The van der Waals surface area contributed by atoms with Crippen LogP contribution in [-0.4, -0.2) is 68.5 Å². The maximum atomic E-state index is 13.0. The van der Waals surface area contributed by atoms with Gasteiger partial charge in [-0.05, 0) is 70.6 Å². The molecule has 0 aliphatic heterocycles. The molecule has 9 heteroatoms. The molecule has 0 aliphatic carbocycles. The number of aliphatic hydroxyl groups excluding tert-OH is 1. The van der Waals surface area contributed by atoms with E-state index in [0.29, 0.717) is 17.4 Å². The van der Waals surface area contributed by atoms with Crippen molar-refractivity contribution in [1.82, 2.24) is 5.32 Å². The Kier molecular flexibility index (Phi) is 52.7. The zero-order chi connectivity index (χ0) is 53.5. The summed E-state index contributed by atoms with van der Waals surface area (Å²) in [6.07, 6.45) is 76.6. The molecule has 1 amide bonds. The molecular formula is C64H117N2O6P. The van der Waals surface area contributed by atoms with Crippen LogP contribution < -0.4 is 10.2 Å². The maximum Gasteiger partial charge on any atom is 0.268 e. The van der Waals surface area contributed by atoms with E-state index in [9.17, 15) is 19.4 Å². The van der Waals surface area contributed by atoms with Gasteiger partial charge < -0.3 is 28.8 Å². The average molecular weight is 1040 g/mol. The number of amides is 1. The highest BCUT2D eigenvalue weighted by atomic mass is 31.2. The summed E-state index contributed by atoms with van der Waals surface area (Å²) >= 11 is 0. The molecule has 0 heterocycles. The fourth-order valence-corrected chi connectivity index (χ4v) is 9.35. The first-order valence-electron chi connectivity index (χ1n) is 30.4. The van der Waals surface area contributed by atoms with Crippen LogP contribution in [0.1, 0.15) is 264 Å². The lowest BCUT2D eigenvalue weighted by Crippen LogP contribution is -2.45. The molecule has 0 aromatic heterocycles. The molecule has 0 fully saturated rings. The summed E-state index contributed by atoms with van der Waals surface area (Å²) in [5.74, 6) is -0.213. The fraction of sp³-hybridized carbons (Fsp3) is 0.766. The second-order valence-electron chi connectivity index (χ2n) is 21.7. The summed E-state index contributed by atoms with van der Waals surface area (Å²) < 4.78 is 23.4. The van der Waals surface area contributed by atoms with Crippen LogP contribution >= 0.6 is 7.82 Å². The number of phosphoric acid groups is 1. The predicted molar refractivity (Wildman–Crippen MR) is 316 cm³/mol. The Bertz CT molecular complexity index is 1460. The number of carbonyl (C=O) groups excluding carboxylic acids is 1. The quantitative estimate of drug-likeness (QED) is 0.0272. The molecule has 0 spiro atoms. The normalized spacial score (nSPS) is 14.5. The Hall–Kier alpha value is -2.32. The maximum absolute atomic E-state index is 13.0. The molecule has 0 aliphatic rings. The van der Waals surface area contributed by atoms with E-state index < -0.39 is 26.6 Å². The van der Waals surface area contributed by atoms with Crippen LogP contribution in [0.3, 0.4) is 0 Å². The van der Waals surface area contributed by atoms with Crippen LogP contribution in [0, 0.1) is 0 Å². The highest BCUT2D eigenvalue weighted by molar-refractivity contribution is 7.45. The first-order valence-corrected chi connectivity index (χ1v) is 31.9. The van der Waals surface area contributed by atoms with Crippen molar-refractivity contribution < 1.29 is 32.9 Å². The standard InChI is InChI=1S/C64H117N2O6P/c1-6-8-10-12-14-16-18-20-22-24-26-28-30-32-34-35-37-39-41-43-45-47-49-51-53-55-57-63(67)62(61-72-73(69,70)71-60-59-66(3,4)5)65-64(68)58-56-54-52-50-48-46-44-42-40-38-36-33-31-29-27-25-23-21-19-17-15-13-11-9-7-2/h9,11,15,17,21,23,27,29,33,36,40,42,55,57,62-63,67H,6-8,10,12-14,16,18-20,22,24-26,28,30-32,34-35,37-39,41,43-54,56,58-61H2,1-5H3,(H-,65,68,69,70)/b11-9-,17-15-,23-21-,29-27-,36-33-,42-40-,57-55+. The Morgan fingerprint density at radius 3 is 1.22 bits per heavy atom. The van der Waals surface area contributed by atoms with Crippen LogP contribution in [0.4, 0.5) is 0 Å². The van der Waals surface area contributed by atoms with Crippen molar-refractivity contribution in [3.05, 3.63) is 85.1 Å². The number of carbonyl (C=O) groups is 1. The second-order valence-corrected chi connectivity index (χ2v) is 23.1. The minimum absolute atomic E-state index is 0.00808. The minimum atomic E-state index is -4.61. The molecule has 3 atom stereocenters. The van der Waals surface area contributed by atoms with Crippen molar-refractivity contribution in [3.63, 3.8) is 0 Å². The van der Waals surface area contributed by atoms with E-state index in [1.807, 2.05) is 27.2 Å². The smallest absolute Gasteiger partial charge is 0.268 e. The lowest BCUT2D eigenvalue weighted by Gasteiger charge is -2.29. The summed E-state index contributed by atoms with van der Waals surface area (Å²) in [6, 6.07) is -0.902. The van der Waals surface area contributed by atoms with E-state index in [1.165, 1.54) is 148 Å². The number of quaternary nitrogens is 1. The number of nitrogens with one attached hydrogen (secondary N) is 1. The van der Waals surface area contributed by atoms with Gasteiger partial charge in [0.2, 0.25) is 5.91 Å². The van der Waals surface area contributed by atoms with Gasteiger partial charge in [0.05, 0.1) is 39.9 Å². The third-order valence-corrected chi connectivity index (χ3v) is 14.3.